The van der Waals surface area contributed by atoms with Gasteiger partial charge >= 0.3 is 0 Å². The largest absolute Gasteiger partial charge is 0.504 e. The number of benzene rings is 3. The molecule has 2 amide bonds. The Bertz CT molecular complexity index is 1360. The number of anilines is 1. The van der Waals surface area contributed by atoms with E-state index in [4.69, 9.17) is 14.2 Å². The monoisotopic (exact) mass is 530 g/mol. The first kappa shape index (κ1) is 26.4. The average molecular weight is 531 g/mol. The van der Waals surface area contributed by atoms with Gasteiger partial charge in [-0.2, -0.15) is 0 Å². The Kier molecular flexibility index (Phi) is 7.63. The Morgan fingerprint density at radius 1 is 0.949 bits per heavy atom. The lowest BCUT2D eigenvalue weighted by Gasteiger charge is -2.33. The van der Waals surface area contributed by atoms with Crippen LogP contribution in [0.4, 0.5) is 5.69 Å². The van der Waals surface area contributed by atoms with Gasteiger partial charge in [-0.05, 0) is 85.8 Å². The number of nitrogens with one attached hydrogen (secondary N) is 1. The number of phenols is 1. The lowest BCUT2D eigenvalue weighted by molar-refractivity contribution is -0.123. The molecule has 0 unspecified atom stereocenters. The molecule has 1 aliphatic carbocycles. The van der Waals surface area contributed by atoms with E-state index in [2.05, 4.69) is 5.32 Å². The smallest absolute Gasteiger partial charge is 0.259 e. The molecular weight excluding hydrogens is 496 g/mol. The zero-order valence-electron chi connectivity index (χ0n) is 22.5. The number of hydrogen-bond donors (Lipinski definition) is 2. The zero-order chi connectivity index (χ0) is 27.5. The number of carbonyl (C=O) groups is 2. The third-order valence-electron chi connectivity index (χ3n) is 7.22. The molecule has 204 valence electrons. The van der Waals surface area contributed by atoms with Gasteiger partial charge in [0.25, 0.3) is 5.91 Å². The van der Waals surface area contributed by atoms with Crippen LogP contribution in [-0.4, -0.2) is 43.3 Å². The Morgan fingerprint density at radius 3 is 2.33 bits per heavy atom. The number of methoxy groups -OCH3 is 1. The summed E-state index contributed by atoms with van der Waals surface area (Å²) in [6.07, 6.45) is 3.91. The molecule has 5 rings (SSSR count). The van der Waals surface area contributed by atoms with E-state index in [1.165, 1.54) is 18.1 Å². The molecule has 0 aromatic heterocycles. The first-order valence-corrected chi connectivity index (χ1v) is 13.3. The molecule has 0 saturated heterocycles. The fourth-order valence-corrected chi connectivity index (χ4v) is 5.42. The van der Waals surface area contributed by atoms with E-state index in [1.54, 1.807) is 30.3 Å². The zero-order valence-corrected chi connectivity index (χ0v) is 22.5. The van der Waals surface area contributed by atoms with E-state index in [9.17, 15) is 14.7 Å². The van der Waals surface area contributed by atoms with E-state index < -0.39 is 6.04 Å². The van der Waals surface area contributed by atoms with Crippen molar-refractivity contribution in [2.24, 2.45) is 0 Å². The van der Waals surface area contributed by atoms with E-state index in [0.717, 1.165) is 36.8 Å². The van der Waals surface area contributed by atoms with Gasteiger partial charge < -0.3 is 24.6 Å². The number of carbonyl (C=O) groups excluding carboxylic acids is 2. The summed E-state index contributed by atoms with van der Waals surface area (Å²) in [4.78, 5) is 30.0. The molecule has 1 fully saturated rings. The van der Waals surface area contributed by atoms with Crippen molar-refractivity contribution in [2.75, 3.05) is 25.2 Å². The molecule has 1 atom stereocenters. The molecule has 8 nitrogen and oxygen atoms in total. The first-order valence-electron chi connectivity index (χ1n) is 13.3. The highest BCUT2D eigenvalue weighted by molar-refractivity contribution is 6.10. The van der Waals surface area contributed by atoms with Crippen LogP contribution in [0.2, 0.25) is 0 Å². The molecule has 1 aliphatic heterocycles. The summed E-state index contributed by atoms with van der Waals surface area (Å²) < 4.78 is 16.8. The normalized spacial score (nSPS) is 15.5. The number of aryl methyl sites for hydroxylation is 2. The van der Waals surface area contributed by atoms with Crippen LogP contribution in [0.15, 0.2) is 54.6 Å². The van der Waals surface area contributed by atoms with Gasteiger partial charge in [0, 0.05) is 17.3 Å². The minimum absolute atomic E-state index is 0.0458. The van der Waals surface area contributed by atoms with Crippen LogP contribution >= 0.6 is 0 Å². The number of aromatic hydroxyl groups is 1. The second kappa shape index (κ2) is 11.3. The average Bonchev–Trinajstić information content (AvgIpc) is 3.44. The molecule has 0 spiro atoms. The van der Waals surface area contributed by atoms with Gasteiger partial charge in [-0.25, -0.2) is 0 Å². The Labute approximate surface area is 228 Å². The minimum Gasteiger partial charge on any atom is -0.504 e. The number of phenolic OH excluding ortho intramolecular Hbond substituents is 1. The first-order chi connectivity index (χ1) is 18.8. The van der Waals surface area contributed by atoms with Gasteiger partial charge in [0.05, 0.1) is 7.11 Å². The van der Waals surface area contributed by atoms with E-state index >= 15 is 0 Å². The predicted octanol–water partition coefficient (Wildman–Crippen LogP) is 5.24. The van der Waals surface area contributed by atoms with Crippen LogP contribution in [0, 0.1) is 13.8 Å². The Morgan fingerprint density at radius 2 is 1.64 bits per heavy atom. The standard InChI is InChI=1S/C31H34N2O6/c1-19-14-20(2)16-24(15-19)33(31(36)22-9-11-26-28(18-22)39-13-12-38-26)29(30(35)32-23-6-4-5-7-23)21-8-10-25(34)27(17-21)37-3/h8-11,14-18,23,29,34H,4-7,12-13H2,1-3H3,(H,32,35)/t29-/m0/s1. The summed E-state index contributed by atoms with van der Waals surface area (Å²) in [5.74, 6) is 0.584. The summed E-state index contributed by atoms with van der Waals surface area (Å²) in [6, 6.07) is 14.7. The Hall–Kier alpha value is -4.20. The molecule has 3 aromatic carbocycles. The fourth-order valence-electron chi connectivity index (χ4n) is 5.42. The summed E-state index contributed by atoms with van der Waals surface area (Å²) in [6.45, 7) is 4.76. The number of amides is 2. The van der Waals surface area contributed by atoms with Crippen molar-refractivity contribution < 1.29 is 28.9 Å². The maximum absolute atomic E-state index is 14.4. The van der Waals surface area contributed by atoms with Crippen molar-refractivity contribution >= 4 is 17.5 Å². The lowest BCUT2D eigenvalue weighted by atomic mass is 9.99. The van der Waals surface area contributed by atoms with Gasteiger partial charge in [0.2, 0.25) is 5.91 Å². The van der Waals surface area contributed by atoms with Gasteiger partial charge in [0.15, 0.2) is 23.0 Å². The second-order valence-electron chi connectivity index (χ2n) is 10.2. The van der Waals surface area contributed by atoms with E-state index in [0.29, 0.717) is 41.5 Å². The highest BCUT2D eigenvalue weighted by atomic mass is 16.6. The highest BCUT2D eigenvalue weighted by Gasteiger charge is 2.36. The Balaban J connectivity index is 1.66. The number of ether oxygens (including phenoxy) is 3. The molecule has 0 bridgehead atoms. The third-order valence-corrected chi connectivity index (χ3v) is 7.22. The maximum Gasteiger partial charge on any atom is 0.259 e. The summed E-state index contributed by atoms with van der Waals surface area (Å²) in [5.41, 5.74) is 3.39. The number of nitrogens with zero attached hydrogens (tertiary/aromatic N) is 1. The van der Waals surface area contributed by atoms with Crippen LogP contribution in [0.3, 0.4) is 0 Å². The van der Waals surface area contributed by atoms with E-state index in [1.807, 2.05) is 32.0 Å². The molecule has 39 heavy (non-hydrogen) atoms. The van der Waals surface area contributed by atoms with Crippen molar-refractivity contribution in [1.82, 2.24) is 5.32 Å². The van der Waals surface area contributed by atoms with Gasteiger partial charge in [0.1, 0.15) is 19.3 Å². The minimum atomic E-state index is -1.03. The third kappa shape index (κ3) is 5.65. The van der Waals surface area contributed by atoms with Crippen molar-refractivity contribution in [3.05, 3.63) is 76.9 Å². The van der Waals surface area contributed by atoms with Gasteiger partial charge in [-0.15, -0.1) is 0 Å². The van der Waals surface area contributed by atoms with Crippen molar-refractivity contribution in [3.8, 4) is 23.0 Å². The fraction of sp³-hybridized carbons (Fsp3) is 0.355. The molecule has 3 aromatic rings. The molecule has 0 radical (unpaired) electrons. The van der Waals surface area contributed by atoms with Crippen LogP contribution in [0.1, 0.15) is 58.8 Å². The van der Waals surface area contributed by atoms with Crippen LogP contribution < -0.4 is 24.4 Å². The topological polar surface area (TPSA) is 97.3 Å². The molecule has 2 N–H and O–H groups in total. The second-order valence-corrected chi connectivity index (χ2v) is 10.2. The summed E-state index contributed by atoms with van der Waals surface area (Å²) in [7, 11) is 1.45. The van der Waals surface area contributed by atoms with Crippen molar-refractivity contribution in [2.45, 2.75) is 51.6 Å². The number of hydrogen-bond acceptors (Lipinski definition) is 6. The van der Waals surface area contributed by atoms with Crippen LogP contribution in [-0.2, 0) is 4.79 Å². The molecule has 1 saturated carbocycles. The van der Waals surface area contributed by atoms with Crippen LogP contribution in [0.25, 0.3) is 0 Å². The summed E-state index contributed by atoms with van der Waals surface area (Å²) in [5, 5.41) is 13.5. The predicted molar refractivity (Wildman–Crippen MR) is 148 cm³/mol. The lowest BCUT2D eigenvalue weighted by Crippen LogP contribution is -2.46. The quantitative estimate of drug-likeness (QED) is 0.434. The van der Waals surface area contributed by atoms with Crippen molar-refractivity contribution in [1.29, 1.82) is 0 Å². The molecule has 1 heterocycles. The SMILES string of the molecule is COc1cc([C@@H](C(=O)NC2CCCC2)N(C(=O)c2ccc3c(c2)OCCO3)c2cc(C)cc(C)c2)ccc1O. The number of fused-ring (bicyclic) bond motifs is 1. The molecular formula is C31H34N2O6. The van der Waals surface area contributed by atoms with Crippen LogP contribution in [0.5, 0.6) is 23.0 Å². The van der Waals surface area contributed by atoms with E-state index in [-0.39, 0.29) is 29.4 Å². The molecule has 2 aliphatic rings. The highest BCUT2D eigenvalue weighted by Crippen LogP contribution is 2.37. The van der Waals surface area contributed by atoms with Gasteiger partial charge in [-0.1, -0.05) is 25.0 Å². The van der Waals surface area contributed by atoms with Crippen molar-refractivity contribution in [3.63, 3.8) is 0 Å². The summed E-state index contributed by atoms with van der Waals surface area (Å²) >= 11 is 0. The molecule has 8 heteroatoms. The van der Waals surface area contributed by atoms with Gasteiger partial charge in [-0.3, -0.25) is 14.5 Å². The number of rotatable bonds is 7. The maximum atomic E-state index is 14.4.